The third-order valence-corrected chi connectivity index (χ3v) is 5.20. The van der Waals surface area contributed by atoms with Crippen LogP contribution in [0.4, 0.5) is 13.2 Å². The molecule has 1 amide bonds. The van der Waals surface area contributed by atoms with Crippen LogP contribution in [0.25, 0.3) is 5.57 Å². The van der Waals surface area contributed by atoms with Gasteiger partial charge in [-0.3, -0.25) is 9.79 Å². The highest BCUT2D eigenvalue weighted by Gasteiger charge is 2.31. The molecule has 1 unspecified atom stereocenters. The van der Waals surface area contributed by atoms with Crippen LogP contribution in [0.5, 0.6) is 0 Å². The van der Waals surface area contributed by atoms with E-state index in [2.05, 4.69) is 15.3 Å². The lowest BCUT2D eigenvalue weighted by molar-refractivity contribution is 0.0930. The van der Waals surface area contributed by atoms with Crippen molar-refractivity contribution < 1.29 is 22.4 Å². The van der Waals surface area contributed by atoms with Crippen LogP contribution >= 0.6 is 0 Å². The Morgan fingerprint density at radius 3 is 2.74 bits per heavy atom. The molecule has 1 heterocycles. The van der Waals surface area contributed by atoms with Crippen LogP contribution in [0.2, 0.25) is 0 Å². The molecular weight excluding hydrogens is 407 g/mol. The molecule has 0 radical (unpaired) electrons. The number of carbonyl (C=O) groups is 1. The predicted octanol–water partition coefficient (Wildman–Crippen LogP) is 5.39. The fourth-order valence-corrected chi connectivity index (χ4v) is 3.56. The number of fused-ring (bicyclic) bond motifs is 1. The number of aryl methyl sites for hydroxylation is 1. The van der Waals surface area contributed by atoms with Crippen molar-refractivity contribution >= 4 is 17.2 Å². The van der Waals surface area contributed by atoms with E-state index in [-0.39, 0.29) is 23.1 Å². The summed E-state index contributed by atoms with van der Waals surface area (Å²) in [6.45, 7) is 4.51. The molecule has 1 aromatic carbocycles. The van der Waals surface area contributed by atoms with Crippen LogP contribution in [0.15, 0.2) is 39.8 Å². The normalized spacial score (nSPS) is 17.6. The van der Waals surface area contributed by atoms with Gasteiger partial charge in [0.15, 0.2) is 0 Å². The predicted molar refractivity (Wildman–Crippen MR) is 113 cm³/mol. The van der Waals surface area contributed by atoms with E-state index in [4.69, 9.17) is 4.42 Å². The minimum absolute atomic E-state index is 0.139. The van der Waals surface area contributed by atoms with Crippen molar-refractivity contribution in [2.24, 2.45) is 10.9 Å². The molecule has 8 heteroatoms. The Bertz CT molecular complexity index is 1020. The number of benzene rings is 1. The first kappa shape index (κ1) is 22.8. The van der Waals surface area contributed by atoms with Gasteiger partial charge in [-0.1, -0.05) is 19.9 Å². The fraction of sp³-hybridized carbons (Fsp3) is 0.435. The summed E-state index contributed by atoms with van der Waals surface area (Å²) in [5, 5.41) is 2.88. The molecule has 1 N–H and O–H groups in total. The number of hydrogen-bond acceptors (Lipinski definition) is 4. The molecule has 0 spiro atoms. The van der Waals surface area contributed by atoms with Crippen molar-refractivity contribution in [3.8, 4) is 0 Å². The van der Waals surface area contributed by atoms with E-state index >= 15 is 0 Å². The smallest absolute Gasteiger partial charge is 0.286 e. The number of rotatable bonds is 6. The maximum absolute atomic E-state index is 13.8. The highest BCUT2D eigenvalue weighted by molar-refractivity contribution is 6.04. The largest absolute Gasteiger partial charge is 0.441 e. The van der Waals surface area contributed by atoms with Gasteiger partial charge in [0.2, 0.25) is 5.89 Å². The summed E-state index contributed by atoms with van der Waals surface area (Å²) >= 11 is 0. The molecule has 3 rings (SSSR count). The van der Waals surface area contributed by atoms with Crippen molar-refractivity contribution in [1.29, 1.82) is 0 Å². The summed E-state index contributed by atoms with van der Waals surface area (Å²) in [5.41, 5.74) is 0.943. The van der Waals surface area contributed by atoms with Gasteiger partial charge in [0.25, 0.3) is 11.8 Å². The van der Waals surface area contributed by atoms with Gasteiger partial charge in [-0.05, 0) is 43.0 Å². The molecule has 31 heavy (non-hydrogen) atoms. The van der Waals surface area contributed by atoms with Crippen LogP contribution in [0, 0.1) is 11.7 Å². The van der Waals surface area contributed by atoms with Crippen LogP contribution in [0.1, 0.15) is 67.4 Å². The van der Waals surface area contributed by atoms with Gasteiger partial charge in [-0.15, -0.1) is 0 Å². The molecule has 1 atom stereocenters. The topological polar surface area (TPSA) is 67.5 Å². The van der Waals surface area contributed by atoms with Crippen molar-refractivity contribution in [2.45, 2.75) is 52.0 Å². The Kier molecular flexibility index (Phi) is 6.67. The lowest BCUT2D eigenvalue weighted by atomic mass is 9.96. The second-order valence-electron chi connectivity index (χ2n) is 8.01. The number of aliphatic imine (C=N–C) groups is 1. The van der Waals surface area contributed by atoms with Crippen molar-refractivity contribution in [1.82, 2.24) is 10.3 Å². The van der Waals surface area contributed by atoms with Crippen molar-refractivity contribution in [3.05, 3.63) is 59.1 Å². The summed E-state index contributed by atoms with van der Waals surface area (Å²) in [6.07, 6.45) is 3.38. The highest BCUT2D eigenvalue weighted by Crippen LogP contribution is 2.34. The molecular formula is C23H26F3N3O2. The molecule has 2 aromatic rings. The van der Waals surface area contributed by atoms with Gasteiger partial charge in [-0.2, -0.15) is 8.78 Å². The zero-order chi connectivity index (χ0) is 22.8. The van der Waals surface area contributed by atoms with Crippen molar-refractivity contribution in [3.63, 3.8) is 0 Å². The average Bonchev–Trinajstić information content (AvgIpc) is 3.12. The van der Waals surface area contributed by atoms with Crippen LogP contribution < -0.4 is 5.32 Å². The number of allylic oxidation sites excluding steroid dienone is 2. The molecule has 0 saturated carbocycles. The number of hydrogen-bond donors (Lipinski definition) is 1. The summed E-state index contributed by atoms with van der Waals surface area (Å²) in [5.74, 6) is -3.27. The number of halogens is 3. The Labute approximate surface area is 179 Å². The number of nitrogens with zero attached hydrogens (tertiary/aromatic N) is 2. The van der Waals surface area contributed by atoms with E-state index in [1.54, 1.807) is 0 Å². The van der Waals surface area contributed by atoms with E-state index in [1.807, 2.05) is 13.8 Å². The molecule has 5 nitrogen and oxygen atoms in total. The standard InChI is InChI=1S/C23H26F3N3O2/c1-13(2)16(12-19(27-4)23(3,25)26)22-29-20-17(9-6-10-18(20)31-22)28-21(30)14-7-5-8-15(24)11-14/h5,7-8,11-13,17H,6,9-10H2,1-4H3,(H,28,30)/b16-12+,27-19?. The molecule has 1 aliphatic rings. The molecule has 1 aliphatic carbocycles. The van der Waals surface area contributed by atoms with E-state index < -0.39 is 23.7 Å². The Morgan fingerprint density at radius 2 is 2.13 bits per heavy atom. The van der Waals surface area contributed by atoms with Gasteiger partial charge >= 0.3 is 0 Å². The summed E-state index contributed by atoms with van der Waals surface area (Å²) in [7, 11) is 1.32. The Balaban J connectivity index is 1.92. The third kappa shape index (κ3) is 5.24. The van der Waals surface area contributed by atoms with Gasteiger partial charge in [0.1, 0.15) is 23.0 Å². The number of nitrogens with one attached hydrogen (secondary N) is 1. The molecule has 166 valence electrons. The number of carbonyl (C=O) groups excluding carboxylic acids is 1. The molecule has 0 bridgehead atoms. The van der Waals surface area contributed by atoms with E-state index in [0.29, 0.717) is 29.9 Å². The lowest BCUT2D eigenvalue weighted by Crippen LogP contribution is -2.31. The van der Waals surface area contributed by atoms with Crippen LogP contribution in [-0.2, 0) is 6.42 Å². The average molecular weight is 433 g/mol. The molecule has 0 saturated heterocycles. The minimum atomic E-state index is -3.09. The Hall–Kier alpha value is -2.90. The monoisotopic (exact) mass is 433 g/mol. The molecule has 0 fully saturated rings. The van der Waals surface area contributed by atoms with Crippen LogP contribution in [0.3, 0.4) is 0 Å². The Morgan fingerprint density at radius 1 is 1.39 bits per heavy atom. The van der Waals surface area contributed by atoms with E-state index in [9.17, 15) is 18.0 Å². The van der Waals surface area contributed by atoms with Gasteiger partial charge < -0.3 is 9.73 Å². The van der Waals surface area contributed by atoms with Crippen molar-refractivity contribution in [2.75, 3.05) is 7.05 Å². The van der Waals surface area contributed by atoms with Crippen LogP contribution in [-0.4, -0.2) is 29.6 Å². The summed E-state index contributed by atoms with van der Waals surface area (Å²) in [4.78, 5) is 20.9. The number of alkyl halides is 2. The fourth-order valence-electron chi connectivity index (χ4n) is 3.56. The maximum atomic E-state index is 13.8. The first-order valence-corrected chi connectivity index (χ1v) is 10.2. The summed E-state index contributed by atoms with van der Waals surface area (Å²) < 4.78 is 47.1. The molecule has 1 aromatic heterocycles. The lowest BCUT2D eigenvalue weighted by Gasteiger charge is -2.21. The highest BCUT2D eigenvalue weighted by atomic mass is 19.3. The first-order chi connectivity index (χ1) is 14.6. The second-order valence-corrected chi connectivity index (χ2v) is 8.01. The van der Waals surface area contributed by atoms with E-state index in [1.165, 1.54) is 37.4 Å². The SMILES string of the molecule is CN=C(/C=C(/c1nc2c(o1)CCCC2NC(=O)c1cccc(F)c1)C(C)C)C(C)(F)F. The number of amides is 1. The third-order valence-electron chi connectivity index (χ3n) is 5.20. The minimum Gasteiger partial charge on any atom is -0.441 e. The quantitative estimate of drug-likeness (QED) is 0.622. The maximum Gasteiger partial charge on any atom is 0.286 e. The zero-order valence-electron chi connectivity index (χ0n) is 18.0. The molecule has 0 aliphatic heterocycles. The zero-order valence-corrected chi connectivity index (χ0v) is 18.0. The van der Waals surface area contributed by atoms with Gasteiger partial charge in [0.05, 0.1) is 6.04 Å². The number of aromatic nitrogens is 1. The van der Waals surface area contributed by atoms with Gasteiger partial charge in [0, 0.05) is 31.5 Å². The summed E-state index contributed by atoms with van der Waals surface area (Å²) in [6, 6.07) is 5.04. The van der Waals surface area contributed by atoms with E-state index in [0.717, 1.165) is 13.3 Å². The number of oxazole rings is 1. The second kappa shape index (κ2) is 9.08. The first-order valence-electron chi connectivity index (χ1n) is 10.2. The van der Waals surface area contributed by atoms with Gasteiger partial charge in [-0.25, -0.2) is 9.37 Å².